The van der Waals surface area contributed by atoms with E-state index in [1.54, 1.807) is 0 Å². The third kappa shape index (κ3) is 5.49. The van der Waals surface area contributed by atoms with Crippen LogP contribution in [0.25, 0.3) is 11.4 Å². The molecular weight excluding hydrogens is 308 g/mol. The number of hydrogen-bond acceptors (Lipinski definition) is 5. The Morgan fingerprint density at radius 2 is 1.83 bits per heavy atom. The molecule has 0 aliphatic heterocycles. The van der Waals surface area contributed by atoms with Gasteiger partial charge in [-0.05, 0) is 25.3 Å². The van der Waals surface area contributed by atoms with Crippen molar-refractivity contribution in [3.63, 3.8) is 0 Å². The Hall–Kier alpha value is -2.70. The minimum absolute atomic E-state index is 0.0418. The van der Waals surface area contributed by atoms with Crippen LogP contribution in [0.3, 0.4) is 0 Å². The van der Waals surface area contributed by atoms with E-state index >= 15 is 0 Å². The van der Waals surface area contributed by atoms with Gasteiger partial charge in [0, 0.05) is 25.6 Å². The summed E-state index contributed by atoms with van der Waals surface area (Å²) in [5.74, 6) is 0.588. The zero-order valence-corrected chi connectivity index (χ0v) is 14.0. The van der Waals surface area contributed by atoms with Gasteiger partial charge in [0.25, 0.3) is 0 Å². The first-order chi connectivity index (χ1) is 11.6. The van der Waals surface area contributed by atoms with Gasteiger partial charge in [-0.1, -0.05) is 29.4 Å². The zero-order chi connectivity index (χ0) is 17.4. The summed E-state index contributed by atoms with van der Waals surface area (Å²) in [6, 6.07) is 7.74. The van der Waals surface area contributed by atoms with Crippen LogP contribution in [-0.2, 0) is 16.0 Å². The molecule has 0 unspecified atom stereocenters. The van der Waals surface area contributed by atoms with Crippen molar-refractivity contribution in [1.82, 2.24) is 20.8 Å². The summed E-state index contributed by atoms with van der Waals surface area (Å²) < 4.78 is 5.15. The number of nitrogens with zero attached hydrogens (tertiary/aromatic N) is 2. The van der Waals surface area contributed by atoms with Crippen LogP contribution in [0.1, 0.15) is 31.2 Å². The number of rotatable bonds is 8. The molecule has 0 atom stereocenters. The number of nitrogens with one attached hydrogen (secondary N) is 2. The van der Waals surface area contributed by atoms with Gasteiger partial charge in [0.15, 0.2) is 0 Å². The van der Waals surface area contributed by atoms with Gasteiger partial charge in [0.1, 0.15) is 6.42 Å². The normalized spacial score (nSPS) is 10.4. The van der Waals surface area contributed by atoms with Crippen molar-refractivity contribution in [1.29, 1.82) is 0 Å². The summed E-state index contributed by atoms with van der Waals surface area (Å²) in [6.07, 6.45) is 1.67. The van der Waals surface area contributed by atoms with Gasteiger partial charge in [0.2, 0.25) is 23.5 Å². The van der Waals surface area contributed by atoms with Gasteiger partial charge in [-0.25, -0.2) is 0 Å². The minimum Gasteiger partial charge on any atom is -0.356 e. The summed E-state index contributed by atoms with van der Waals surface area (Å²) in [5, 5.41) is 9.44. The van der Waals surface area contributed by atoms with Crippen molar-refractivity contribution in [3.8, 4) is 11.4 Å². The molecule has 0 saturated carbocycles. The van der Waals surface area contributed by atoms with E-state index in [-0.39, 0.29) is 18.2 Å². The topological polar surface area (TPSA) is 97.1 Å². The molecule has 128 valence electrons. The van der Waals surface area contributed by atoms with E-state index in [1.807, 2.05) is 31.2 Å². The highest BCUT2D eigenvalue weighted by molar-refractivity contribution is 5.77. The number of benzene rings is 1. The maximum Gasteiger partial charge on any atom is 0.236 e. The van der Waals surface area contributed by atoms with E-state index in [0.717, 1.165) is 24.0 Å². The maximum absolute atomic E-state index is 11.9. The van der Waals surface area contributed by atoms with Crippen LogP contribution in [0.4, 0.5) is 0 Å². The van der Waals surface area contributed by atoms with E-state index in [4.69, 9.17) is 4.52 Å². The highest BCUT2D eigenvalue weighted by Crippen LogP contribution is 2.19. The molecule has 0 aliphatic rings. The predicted octanol–water partition coefficient (Wildman–Crippen LogP) is 1.62. The lowest BCUT2D eigenvalue weighted by Crippen LogP contribution is -2.27. The number of hydrogen-bond donors (Lipinski definition) is 2. The molecule has 0 aliphatic carbocycles. The summed E-state index contributed by atoms with van der Waals surface area (Å²) >= 11 is 0. The van der Waals surface area contributed by atoms with Crippen molar-refractivity contribution in [3.05, 3.63) is 35.7 Å². The molecule has 1 aromatic heterocycles. The quantitative estimate of drug-likeness (QED) is 0.717. The number of unbranched alkanes of at least 4 members (excludes halogenated alkanes) is 1. The van der Waals surface area contributed by atoms with Crippen molar-refractivity contribution in [2.75, 3.05) is 13.1 Å². The van der Waals surface area contributed by atoms with Crippen LogP contribution in [0.5, 0.6) is 0 Å². The first-order valence-corrected chi connectivity index (χ1v) is 7.96. The number of carbonyl (C=O) groups is 2. The second-order valence-corrected chi connectivity index (χ2v) is 5.54. The Kier molecular flexibility index (Phi) is 6.48. The Bertz CT molecular complexity index is 697. The van der Waals surface area contributed by atoms with E-state index in [1.165, 1.54) is 6.92 Å². The standard InChI is InChI=1S/C17H22N4O3/c1-12-7-3-4-8-14(12)17-20-16(24-21-17)11-15(23)19-10-6-5-9-18-13(2)22/h3-4,7-8H,5-6,9-11H2,1-2H3,(H,18,22)(H,19,23). The van der Waals surface area contributed by atoms with Crippen LogP contribution < -0.4 is 10.6 Å². The SMILES string of the molecule is CC(=O)NCCCCNC(=O)Cc1nc(-c2ccccc2C)no1. The molecule has 2 amide bonds. The molecule has 1 heterocycles. The molecular formula is C17H22N4O3. The van der Waals surface area contributed by atoms with Crippen LogP contribution in [0, 0.1) is 6.92 Å². The highest BCUT2D eigenvalue weighted by Gasteiger charge is 2.13. The van der Waals surface area contributed by atoms with Gasteiger partial charge >= 0.3 is 0 Å². The Morgan fingerprint density at radius 1 is 1.12 bits per heavy atom. The second kappa shape index (κ2) is 8.81. The van der Waals surface area contributed by atoms with Crippen molar-refractivity contribution >= 4 is 11.8 Å². The van der Waals surface area contributed by atoms with Gasteiger partial charge in [-0.2, -0.15) is 4.98 Å². The van der Waals surface area contributed by atoms with Gasteiger partial charge < -0.3 is 15.2 Å². The Morgan fingerprint density at radius 3 is 2.54 bits per heavy atom. The van der Waals surface area contributed by atoms with Crippen molar-refractivity contribution < 1.29 is 14.1 Å². The molecule has 2 rings (SSSR count). The average Bonchev–Trinajstić information content (AvgIpc) is 2.99. The lowest BCUT2D eigenvalue weighted by atomic mass is 10.1. The molecule has 0 saturated heterocycles. The van der Waals surface area contributed by atoms with Crippen molar-refractivity contribution in [2.24, 2.45) is 0 Å². The fourth-order valence-electron chi connectivity index (χ4n) is 2.20. The molecule has 0 fully saturated rings. The largest absolute Gasteiger partial charge is 0.356 e. The number of aromatic nitrogens is 2. The fourth-order valence-corrected chi connectivity index (χ4v) is 2.20. The number of aryl methyl sites for hydroxylation is 1. The van der Waals surface area contributed by atoms with E-state index in [0.29, 0.717) is 24.8 Å². The van der Waals surface area contributed by atoms with E-state index < -0.39 is 0 Å². The van der Waals surface area contributed by atoms with Crippen LogP contribution >= 0.6 is 0 Å². The molecule has 0 spiro atoms. The molecule has 7 nitrogen and oxygen atoms in total. The zero-order valence-electron chi connectivity index (χ0n) is 14.0. The first kappa shape index (κ1) is 17.7. The number of amides is 2. The molecule has 0 radical (unpaired) electrons. The maximum atomic E-state index is 11.9. The molecule has 2 N–H and O–H groups in total. The second-order valence-electron chi connectivity index (χ2n) is 5.54. The highest BCUT2D eigenvalue weighted by atomic mass is 16.5. The predicted molar refractivity (Wildman–Crippen MR) is 89.1 cm³/mol. The smallest absolute Gasteiger partial charge is 0.236 e. The molecule has 24 heavy (non-hydrogen) atoms. The molecule has 7 heteroatoms. The Labute approximate surface area is 140 Å². The molecule has 1 aromatic carbocycles. The summed E-state index contributed by atoms with van der Waals surface area (Å²) in [5.41, 5.74) is 1.94. The van der Waals surface area contributed by atoms with Gasteiger partial charge in [-0.3, -0.25) is 9.59 Å². The number of carbonyl (C=O) groups excluding carboxylic acids is 2. The minimum atomic E-state index is -0.158. The lowest BCUT2D eigenvalue weighted by Gasteiger charge is -2.04. The molecule has 2 aromatic rings. The van der Waals surface area contributed by atoms with Crippen LogP contribution in [0.2, 0.25) is 0 Å². The summed E-state index contributed by atoms with van der Waals surface area (Å²) in [6.45, 7) is 4.63. The van der Waals surface area contributed by atoms with E-state index in [9.17, 15) is 9.59 Å². The first-order valence-electron chi connectivity index (χ1n) is 7.96. The van der Waals surface area contributed by atoms with Crippen molar-refractivity contribution in [2.45, 2.75) is 33.1 Å². The monoisotopic (exact) mass is 330 g/mol. The van der Waals surface area contributed by atoms with Gasteiger partial charge in [-0.15, -0.1) is 0 Å². The third-order valence-electron chi connectivity index (χ3n) is 3.47. The summed E-state index contributed by atoms with van der Waals surface area (Å²) in [4.78, 5) is 26.8. The third-order valence-corrected chi connectivity index (χ3v) is 3.47. The fraction of sp³-hybridized carbons (Fsp3) is 0.412. The van der Waals surface area contributed by atoms with E-state index in [2.05, 4.69) is 20.8 Å². The van der Waals surface area contributed by atoms with Crippen LogP contribution in [-0.4, -0.2) is 35.0 Å². The van der Waals surface area contributed by atoms with Gasteiger partial charge in [0.05, 0.1) is 0 Å². The van der Waals surface area contributed by atoms with Crippen LogP contribution in [0.15, 0.2) is 28.8 Å². The molecule has 0 bridgehead atoms. The average molecular weight is 330 g/mol. The Balaban J connectivity index is 1.75. The summed E-state index contributed by atoms with van der Waals surface area (Å²) in [7, 11) is 0. The lowest BCUT2D eigenvalue weighted by molar-refractivity contribution is -0.121.